The van der Waals surface area contributed by atoms with Gasteiger partial charge in [0.25, 0.3) is 5.56 Å². The second-order valence-corrected chi connectivity index (χ2v) is 5.67. The van der Waals surface area contributed by atoms with E-state index < -0.39 is 5.92 Å². The molecule has 0 saturated heterocycles. The van der Waals surface area contributed by atoms with E-state index in [1.165, 1.54) is 21.3 Å². The topological polar surface area (TPSA) is 103 Å². The Bertz CT molecular complexity index is 891. The summed E-state index contributed by atoms with van der Waals surface area (Å²) in [6.07, 6.45) is 0.104. The number of hydrogen-bond acceptors (Lipinski definition) is 6. The van der Waals surface area contributed by atoms with Gasteiger partial charge in [-0.15, -0.1) is 0 Å². The maximum atomic E-state index is 12.5. The molecule has 1 aromatic carbocycles. The molecule has 1 aliphatic heterocycles. The number of carbonyl (C=O) groups is 1. The first-order valence-electron chi connectivity index (χ1n) is 7.69. The monoisotopic (exact) mass is 345 g/mol. The van der Waals surface area contributed by atoms with Gasteiger partial charge in [-0.3, -0.25) is 9.59 Å². The van der Waals surface area contributed by atoms with Crippen LogP contribution in [0.2, 0.25) is 0 Å². The fourth-order valence-electron chi connectivity index (χ4n) is 3.07. The summed E-state index contributed by atoms with van der Waals surface area (Å²) in [6, 6.07) is 3.40. The molecule has 2 aromatic rings. The van der Waals surface area contributed by atoms with E-state index in [1.807, 2.05) is 0 Å². The average Bonchev–Trinajstić information content (AvgIpc) is 2.58. The number of H-pyrrole nitrogens is 1. The van der Waals surface area contributed by atoms with E-state index in [0.29, 0.717) is 34.2 Å². The number of fused-ring (bicyclic) bond motifs is 1. The van der Waals surface area contributed by atoms with E-state index in [0.717, 1.165) is 0 Å². The molecule has 0 fully saturated rings. The third kappa shape index (κ3) is 2.90. The number of carbonyl (C=O) groups excluding carboxylic acids is 1. The molecule has 2 heterocycles. The molecule has 1 aromatic heterocycles. The summed E-state index contributed by atoms with van der Waals surface area (Å²) < 4.78 is 16.1. The van der Waals surface area contributed by atoms with Crippen LogP contribution in [0.1, 0.15) is 29.3 Å². The van der Waals surface area contributed by atoms with Gasteiger partial charge in [-0.05, 0) is 13.0 Å². The zero-order valence-corrected chi connectivity index (χ0v) is 14.4. The molecule has 8 heteroatoms. The third-order valence-electron chi connectivity index (χ3n) is 4.18. The lowest BCUT2D eigenvalue weighted by molar-refractivity contribution is -0.116. The predicted molar refractivity (Wildman–Crippen MR) is 90.8 cm³/mol. The van der Waals surface area contributed by atoms with E-state index in [4.69, 9.17) is 14.2 Å². The van der Waals surface area contributed by atoms with Gasteiger partial charge in [0.15, 0.2) is 11.5 Å². The van der Waals surface area contributed by atoms with Crippen molar-refractivity contribution >= 4 is 11.7 Å². The number of aromatic amines is 1. The largest absolute Gasteiger partial charge is 0.496 e. The number of aromatic nitrogens is 2. The predicted octanol–water partition coefficient (Wildman–Crippen LogP) is 1.58. The number of methoxy groups -OCH3 is 3. The van der Waals surface area contributed by atoms with Gasteiger partial charge in [0.05, 0.1) is 26.9 Å². The van der Waals surface area contributed by atoms with Crippen molar-refractivity contribution in [2.75, 3.05) is 26.6 Å². The number of anilines is 1. The minimum Gasteiger partial charge on any atom is -0.496 e. The Hall–Kier alpha value is -3.03. The molecule has 0 bridgehead atoms. The summed E-state index contributed by atoms with van der Waals surface area (Å²) >= 11 is 0. The highest BCUT2D eigenvalue weighted by Crippen LogP contribution is 2.43. The van der Waals surface area contributed by atoms with Gasteiger partial charge < -0.3 is 24.5 Å². The quantitative estimate of drug-likeness (QED) is 0.872. The molecule has 1 aliphatic rings. The van der Waals surface area contributed by atoms with Crippen LogP contribution in [0.15, 0.2) is 16.9 Å². The number of amides is 1. The molecule has 0 radical (unpaired) electrons. The number of aryl methyl sites for hydroxylation is 1. The number of nitrogens with one attached hydrogen (secondary N) is 2. The van der Waals surface area contributed by atoms with Crippen molar-refractivity contribution < 1.29 is 19.0 Å². The molecule has 0 spiro atoms. The van der Waals surface area contributed by atoms with E-state index in [9.17, 15) is 9.59 Å². The lowest BCUT2D eigenvalue weighted by Gasteiger charge is -2.26. The molecule has 3 rings (SSSR count). The van der Waals surface area contributed by atoms with Crippen LogP contribution in [0.5, 0.6) is 17.2 Å². The highest BCUT2D eigenvalue weighted by molar-refractivity contribution is 5.94. The van der Waals surface area contributed by atoms with Crippen LogP contribution >= 0.6 is 0 Å². The first-order valence-corrected chi connectivity index (χ1v) is 7.69. The normalized spacial score (nSPS) is 16.0. The van der Waals surface area contributed by atoms with Crippen LogP contribution in [0, 0.1) is 6.92 Å². The lowest BCUT2D eigenvalue weighted by Crippen LogP contribution is -2.31. The maximum absolute atomic E-state index is 12.5. The number of nitrogens with zero attached hydrogens (tertiary/aromatic N) is 1. The van der Waals surface area contributed by atoms with Crippen LogP contribution in [-0.2, 0) is 4.79 Å². The van der Waals surface area contributed by atoms with Crippen LogP contribution < -0.4 is 25.1 Å². The molecule has 0 saturated carbocycles. The lowest BCUT2D eigenvalue weighted by atomic mass is 9.86. The minimum absolute atomic E-state index is 0.104. The van der Waals surface area contributed by atoms with Crippen LogP contribution in [0.4, 0.5) is 5.82 Å². The summed E-state index contributed by atoms with van der Waals surface area (Å²) in [5.74, 6) is 1.48. The first kappa shape index (κ1) is 16.8. The number of benzene rings is 1. The number of hydrogen-bond donors (Lipinski definition) is 2. The van der Waals surface area contributed by atoms with Crippen molar-refractivity contribution in [1.82, 2.24) is 9.97 Å². The average molecular weight is 345 g/mol. The van der Waals surface area contributed by atoms with Crippen molar-refractivity contribution in [2.24, 2.45) is 0 Å². The Morgan fingerprint density at radius 3 is 2.32 bits per heavy atom. The van der Waals surface area contributed by atoms with Crippen molar-refractivity contribution in [3.05, 3.63) is 39.4 Å². The van der Waals surface area contributed by atoms with Crippen molar-refractivity contribution in [1.29, 1.82) is 0 Å². The fourth-order valence-corrected chi connectivity index (χ4v) is 3.07. The van der Waals surface area contributed by atoms with Gasteiger partial charge in [-0.25, -0.2) is 4.98 Å². The van der Waals surface area contributed by atoms with Crippen LogP contribution in [-0.4, -0.2) is 37.2 Å². The van der Waals surface area contributed by atoms with Gasteiger partial charge in [0.1, 0.15) is 17.4 Å². The Morgan fingerprint density at radius 1 is 1.04 bits per heavy atom. The molecule has 1 amide bonds. The van der Waals surface area contributed by atoms with Crippen LogP contribution in [0.3, 0.4) is 0 Å². The molecule has 2 N–H and O–H groups in total. The number of rotatable bonds is 4. The van der Waals surface area contributed by atoms with Gasteiger partial charge >= 0.3 is 0 Å². The van der Waals surface area contributed by atoms with E-state index in [-0.39, 0.29) is 23.7 Å². The molecular weight excluding hydrogens is 326 g/mol. The molecule has 8 nitrogen and oxygen atoms in total. The molecule has 0 aliphatic carbocycles. The highest BCUT2D eigenvalue weighted by atomic mass is 16.5. The molecule has 1 atom stereocenters. The van der Waals surface area contributed by atoms with Crippen molar-refractivity contribution in [3.63, 3.8) is 0 Å². The maximum Gasteiger partial charge on any atom is 0.256 e. The molecule has 1 unspecified atom stereocenters. The van der Waals surface area contributed by atoms with Crippen molar-refractivity contribution in [2.45, 2.75) is 19.3 Å². The smallest absolute Gasteiger partial charge is 0.256 e. The standard InChI is InChI=1S/C17H19N3O5/c1-8-18-16-15(17(22)19-8)10(6-14(21)20-16)9-5-12(24-3)13(25-4)7-11(9)23-2/h5,7,10H,6H2,1-4H3,(H2,18,19,20,21,22). The Morgan fingerprint density at radius 2 is 1.68 bits per heavy atom. The Kier molecular flexibility index (Phi) is 4.35. The molecule has 132 valence electrons. The van der Waals surface area contributed by atoms with Gasteiger partial charge in [-0.2, -0.15) is 0 Å². The molecular formula is C17H19N3O5. The number of ether oxygens (including phenoxy) is 3. The Balaban J connectivity index is 2.24. The second kappa shape index (κ2) is 6.46. The molecule has 25 heavy (non-hydrogen) atoms. The fraction of sp³-hybridized carbons (Fsp3) is 0.353. The van der Waals surface area contributed by atoms with E-state index in [2.05, 4.69) is 15.3 Å². The Labute approximate surface area is 144 Å². The summed E-state index contributed by atoms with van der Waals surface area (Å²) in [5.41, 5.74) is 0.771. The van der Waals surface area contributed by atoms with E-state index in [1.54, 1.807) is 19.1 Å². The summed E-state index contributed by atoms with van der Waals surface area (Å²) in [7, 11) is 4.57. The summed E-state index contributed by atoms with van der Waals surface area (Å²) in [5, 5.41) is 2.66. The minimum atomic E-state index is -0.504. The summed E-state index contributed by atoms with van der Waals surface area (Å²) in [6.45, 7) is 1.66. The highest BCUT2D eigenvalue weighted by Gasteiger charge is 2.33. The third-order valence-corrected chi connectivity index (χ3v) is 4.18. The van der Waals surface area contributed by atoms with Crippen molar-refractivity contribution in [3.8, 4) is 17.2 Å². The first-order chi connectivity index (χ1) is 12.0. The zero-order valence-electron chi connectivity index (χ0n) is 14.4. The van der Waals surface area contributed by atoms with Gasteiger partial charge in [0, 0.05) is 24.0 Å². The second-order valence-electron chi connectivity index (χ2n) is 5.67. The van der Waals surface area contributed by atoms with Gasteiger partial charge in [0.2, 0.25) is 5.91 Å². The zero-order chi connectivity index (χ0) is 18.1. The van der Waals surface area contributed by atoms with Crippen LogP contribution in [0.25, 0.3) is 0 Å². The SMILES string of the molecule is COc1cc(OC)c(C2CC(=O)Nc3nc(C)[nH]c(=O)c32)cc1OC. The van der Waals surface area contributed by atoms with Gasteiger partial charge in [-0.1, -0.05) is 0 Å². The van der Waals surface area contributed by atoms with E-state index >= 15 is 0 Å². The summed E-state index contributed by atoms with van der Waals surface area (Å²) in [4.78, 5) is 31.6.